The molecule has 1 aromatic carbocycles. The Morgan fingerprint density at radius 1 is 1.14 bits per heavy atom. The Hall–Kier alpha value is -2.18. The van der Waals surface area contributed by atoms with Crippen LogP contribution in [0.4, 0.5) is 10.1 Å². The molecule has 2 N–H and O–H groups in total. The van der Waals surface area contributed by atoms with Gasteiger partial charge in [0.15, 0.2) is 0 Å². The van der Waals surface area contributed by atoms with Crippen molar-refractivity contribution >= 4 is 40.8 Å². The molecule has 2 rings (SSSR count). The number of hydrogen-bond donors (Lipinski definition) is 2. The van der Waals surface area contributed by atoms with Gasteiger partial charge in [-0.1, -0.05) is 23.2 Å². The summed E-state index contributed by atoms with van der Waals surface area (Å²) in [5, 5.41) is 11.2. The van der Waals surface area contributed by atoms with Crippen molar-refractivity contribution < 1.29 is 19.1 Å². The molecule has 1 heterocycles. The quantitative estimate of drug-likeness (QED) is 0.845. The lowest BCUT2D eigenvalue weighted by molar-refractivity contribution is 0.0696. The second-order valence-electron chi connectivity index (χ2n) is 3.94. The maximum Gasteiger partial charge on any atom is 0.335 e. The number of hydrogen-bond acceptors (Lipinski definition) is 3. The van der Waals surface area contributed by atoms with Crippen molar-refractivity contribution in [1.29, 1.82) is 0 Å². The van der Waals surface area contributed by atoms with E-state index < -0.39 is 17.8 Å². The summed E-state index contributed by atoms with van der Waals surface area (Å²) in [6.45, 7) is 0. The Bertz CT molecular complexity index is 714. The third-order valence-electron chi connectivity index (χ3n) is 2.52. The van der Waals surface area contributed by atoms with Crippen LogP contribution < -0.4 is 5.32 Å². The maximum absolute atomic E-state index is 13.0. The number of nitrogens with one attached hydrogen (secondary N) is 1. The van der Waals surface area contributed by atoms with Crippen LogP contribution in [0.5, 0.6) is 0 Å². The van der Waals surface area contributed by atoms with Crippen LogP contribution in [0.25, 0.3) is 0 Å². The number of nitrogens with zero attached hydrogens (tertiary/aromatic N) is 1. The number of amides is 1. The van der Waals surface area contributed by atoms with Crippen LogP contribution in [0.15, 0.2) is 30.5 Å². The van der Waals surface area contributed by atoms with Crippen LogP contribution >= 0.6 is 23.2 Å². The SMILES string of the molecule is O=C(O)c1cc(Cl)c(NC(=O)c2ccnc(F)c2)c(Cl)c1. The molecule has 5 nitrogen and oxygen atoms in total. The average Bonchev–Trinajstić information content (AvgIpc) is 2.42. The average molecular weight is 329 g/mol. The number of aromatic carboxylic acids is 1. The van der Waals surface area contributed by atoms with E-state index in [2.05, 4.69) is 10.3 Å². The highest BCUT2D eigenvalue weighted by atomic mass is 35.5. The predicted molar refractivity (Wildman–Crippen MR) is 75.6 cm³/mol. The van der Waals surface area contributed by atoms with Crippen LogP contribution in [0.3, 0.4) is 0 Å². The summed E-state index contributed by atoms with van der Waals surface area (Å²) in [6, 6.07) is 4.56. The van der Waals surface area contributed by atoms with Gasteiger partial charge in [-0.25, -0.2) is 9.78 Å². The van der Waals surface area contributed by atoms with Gasteiger partial charge >= 0.3 is 5.97 Å². The molecule has 0 saturated carbocycles. The molecule has 1 amide bonds. The number of halogens is 3. The molecule has 0 radical (unpaired) electrons. The number of anilines is 1. The molecule has 0 aliphatic rings. The lowest BCUT2D eigenvalue weighted by atomic mass is 10.2. The molecule has 0 aliphatic heterocycles. The van der Waals surface area contributed by atoms with Crippen molar-refractivity contribution in [1.82, 2.24) is 4.98 Å². The zero-order valence-corrected chi connectivity index (χ0v) is 11.7. The van der Waals surface area contributed by atoms with Crippen molar-refractivity contribution in [3.05, 3.63) is 57.6 Å². The fourth-order valence-electron chi connectivity index (χ4n) is 1.55. The van der Waals surface area contributed by atoms with E-state index in [0.29, 0.717) is 0 Å². The highest BCUT2D eigenvalue weighted by Crippen LogP contribution is 2.32. The standard InChI is InChI=1S/C13H7Cl2FN2O3/c14-8-3-7(13(20)21)4-9(15)11(8)18-12(19)6-1-2-17-10(16)5-6/h1-5H,(H,18,19)(H,20,21). The smallest absolute Gasteiger partial charge is 0.335 e. The molecule has 21 heavy (non-hydrogen) atoms. The molecule has 0 saturated heterocycles. The number of carbonyl (C=O) groups is 2. The van der Waals surface area contributed by atoms with E-state index >= 15 is 0 Å². The number of benzene rings is 1. The normalized spacial score (nSPS) is 10.2. The van der Waals surface area contributed by atoms with Gasteiger partial charge < -0.3 is 10.4 Å². The lowest BCUT2D eigenvalue weighted by Gasteiger charge is -2.10. The minimum Gasteiger partial charge on any atom is -0.478 e. The van der Waals surface area contributed by atoms with Gasteiger partial charge in [0.25, 0.3) is 5.91 Å². The van der Waals surface area contributed by atoms with Gasteiger partial charge in [-0.3, -0.25) is 4.79 Å². The van der Waals surface area contributed by atoms with Crippen LogP contribution in [-0.2, 0) is 0 Å². The third kappa shape index (κ3) is 3.48. The van der Waals surface area contributed by atoms with Gasteiger partial charge in [0, 0.05) is 17.8 Å². The minimum absolute atomic E-state index is 0.0249. The summed E-state index contributed by atoms with van der Waals surface area (Å²) in [6.07, 6.45) is 1.14. The minimum atomic E-state index is -1.20. The molecule has 0 unspecified atom stereocenters. The van der Waals surface area contributed by atoms with Crippen LogP contribution in [0.2, 0.25) is 10.0 Å². The first kappa shape index (κ1) is 15.2. The van der Waals surface area contributed by atoms with E-state index in [1.165, 1.54) is 6.07 Å². The molecule has 1 aromatic heterocycles. The predicted octanol–water partition coefficient (Wildman–Crippen LogP) is 3.48. The number of carbonyl (C=O) groups excluding carboxylic acids is 1. The Balaban J connectivity index is 2.32. The van der Waals surface area contributed by atoms with Gasteiger partial charge in [-0.15, -0.1) is 0 Å². The molecule has 8 heteroatoms. The largest absolute Gasteiger partial charge is 0.478 e. The molecule has 2 aromatic rings. The van der Waals surface area contributed by atoms with Crippen molar-refractivity contribution in [2.24, 2.45) is 0 Å². The number of pyridine rings is 1. The fourth-order valence-corrected chi connectivity index (χ4v) is 2.13. The van der Waals surface area contributed by atoms with E-state index in [4.69, 9.17) is 28.3 Å². The zero-order chi connectivity index (χ0) is 15.6. The molecule has 108 valence electrons. The van der Waals surface area contributed by atoms with Gasteiger partial charge in [0.1, 0.15) is 0 Å². The topological polar surface area (TPSA) is 79.3 Å². The number of carboxylic acids is 1. The Kier molecular flexibility index (Phi) is 4.40. The highest BCUT2D eigenvalue weighted by molar-refractivity contribution is 6.40. The molecule has 0 aliphatic carbocycles. The molecule has 0 fully saturated rings. The summed E-state index contributed by atoms with van der Waals surface area (Å²) in [5.74, 6) is -2.66. The summed E-state index contributed by atoms with van der Waals surface area (Å²) < 4.78 is 13.0. The Labute approximate surface area is 128 Å². The second kappa shape index (κ2) is 6.07. The molecular weight excluding hydrogens is 322 g/mol. The van der Waals surface area contributed by atoms with E-state index in [0.717, 1.165) is 24.4 Å². The third-order valence-corrected chi connectivity index (χ3v) is 3.11. The van der Waals surface area contributed by atoms with Crippen molar-refractivity contribution in [2.45, 2.75) is 0 Å². The van der Waals surface area contributed by atoms with Crippen LogP contribution in [0.1, 0.15) is 20.7 Å². The number of rotatable bonds is 3. The number of carboxylic acid groups (broad SMARTS) is 1. The summed E-state index contributed by atoms with van der Waals surface area (Å²) in [4.78, 5) is 26.1. The second-order valence-corrected chi connectivity index (χ2v) is 4.76. The summed E-state index contributed by atoms with van der Waals surface area (Å²) in [5.41, 5.74) is -0.0412. The van der Waals surface area contributed by atoms with Crippen molar-refractivity contribution in [3.63, 3.8) is 0 Å². The van der Waals surface area contributed by atoms with Crippen molar-refractivity contribution in [2.75, 3.05) is 5.32 Å². The summed E-state index contributed by atoms with van der Waals surface area (Å²) in [7, 11) is 0. The van der Waals surface area contributed by atoms with Crippen LogP contribution in [0, 0.1) is 5.95 Å². The van der Waals surface area contributed by atoms with E-state index in [1.54, 1.807) is 0 Å². The Morgan fingerprint density at radius 3 is 2.29 bits per heavy atom. The van der Waals surface area contributed by atoms with Gasteiger partial charge in [0.2, 0.25) is 5.95 Å². The monoisotopic (exact) mass is 328 g/mol. The highest BCUT2D eigenvalue weighted by Gasteiger charge is 2.15. The first-order valence-corrected chi connectivity index (χ1v) is 6.29. The fraction of sp³-hybridized carbons (Fsp3) is 0. The molecule has 0 atom stereocenters. The first-order chi connectivity index (χ1) is 9.88. The van der Waals surface area contributed by atoms with E-state index in [9.17, 15) is 14.0 Å². The Morgan fingerprint density at radius 2 is 1.76 bits per heavy atom. The molecular formula is C13H7Cl2FN2O3. The maximum atomic E-state index is 13.0. The van der Waals surface area contributed by atoms with Gasteiger partial charge in [-0.05, 0) is 18.2 Å². The van der Waals surface area contributed by atoms with E-state index in [1.807, 2.05) is 0 Å². The van der Waals surface area contributed by atoms with Gasteiger partial charge in [0.05, 0.1) is 21.3 Å². The zero-order valence-electron chi connectivity index (χ0n) is 10.2. The van der Waals surface area contributed by atoms with Crippen LogP contribution in [-0.4, -0.2) is 22.0 Å². The van der Waals surface area contributed by atoms with Crippen molar-refractivity contribution in [3.8, 4) is 0 Å². The van der Waals surface area contributed by atoms with E-state index in [-0.39, 0.29) is 26.9 Å². The molecule has 0 bridgehead atoms. The lowest BCUT2D eigenvalue weighted by Crippen LogP contribution is -2.13. The summed E-state index contributed by atoms with van der Waals surface area (Å²) >= 11 is 11.8. The first-order valence-electron chi connectivity index (χ1n) is 5.53. The van der Waals surface area contributed by atoms with Gasteiger partial charge in [-0.2, -0.15) is 4.39 Å². The molecule has 0 spiro atoms. The number of aromatic nitrogens is 1.